The molecule has 1 heterocycles. The van der Waals surface area contributed by atoms with E-state index in [1.807, 2.05) is 0 Å². The van der Waals surface area contributed by atoms with E-state index in [0.29, 0.717) is 5.69 Å². The Balaban J connectivity index is 2.27. The number of carbonyl (C=O) groups is 2. The number of rotatable bonds is 3. The molecule has 1 N–H and O–H groups in total. The van der Waals surface area contributed by atoms with Crippen LogP contribution in [0.25, 0.3) is 0 Å². The zero-order chi connectivity index (χ0) is 13.0. The second-order valence-corrected chi connectivity index (χ2v) is 3.52. The number of aromatic carboxylic acids is 1. The number of hydrogen-bond donors (Lipinski definition) is 1. The van der Waals surface area contributed by atoms with E-state index in [9.17, 15) is 14.7 Å². The smallest absolute Gasteiger partial charge is 0.256 e. The van der Waals surface area contributed by atoms with Crippen molar-refractivity contribution in [2.75, 3.05) is 5.32 Å². The summed E-state index contributed by atoms with van der Waals surface area (Å²) < 4.78 is 0. The number of pyridine rings is 1. The number of nitrogens with zero attached hydrogens (tertiary/aromatic N) is 1. The first kappa shape index (κ1) is 11.8. The number of hydrogen-bond acceptors (Lipinski definition) is 4. The molecule has 1 aromatic heterocycles. The molecule has 0 aliphatic carbocycles. The summed E-state index contributed by atoms with van der Waals surface area (Å²) in [5.41, 5.74) is 0.474. The van der Waals surface area contributed by atoms with Crippen molar-refractivity contribution in [1.82, 2.24) is 4.98 Å². The molecule has 1 amide bonds. The van der Waals surface area contributed by atoms with Crippen LogP contribution in [0.15, 0.2) is 48.8 Å². The Morgan fingerprint density at radius 3 is 2.22 bits per heavy atom. The predicted molar refractivity (Wildman–Crippen MR) is 63.0 cm³/mol. The van der Waals surface area contributed by atoms with Gasteiger partial charge < -0.3 is 15.2 Å². The van der Waals surface area contributed by atoms with Crippen LogP contribution in [0.2, 0.25) is 0 Å². The van der Waals surface area contributed by atoms with Crippen molar-refractivity contribution in [3.63, 3.8) is 0 Å². The molecular formula is C13H9N2O3-. The maximum Gasteiger partial charge on any atom is 0.256 e. The fourth-order valence-corrected chi connectivity index (χ4v) is 1.49. The summed E-state index contributed by atoms with van der Waals surface area (Å²) in [5, 5.41) is 13.5. The molecule has 1 aromatic carbocycles. The summed E-state index contributed by atoms with van der Waals surface area (Å²) in [6, 6.07) is 9.11. The van der Waals surface area contributed by atoms with E-state index in [0.717, 1.165) is 0 Å². The highest BCUT2D eigenvalue weighted by molar-refractivity contribution is 6.10. The van der Waals surface area contributed by atoms with E-state index < -0.39 is 11.9 Å². The van der Waals surface area contributed by atoms with Crippen LogP contribution < -0.4 is 10.4 Å². The Kier molecular flexibility index (Phi) is 3.33. The molecule has 5 heteroatoms. The summed E-state index contributed by atoms with van der Waals surface area (Å²) in [6.07, 6.45) is 3.06. The zero-order valence-electron chi connectivity index (χ0n) is 9.29. The van der Waals surface area contributed by atoms with Gasteiger partial charge in [-0.3, -0.25) is 9.78 Å². The van der Waals surface area contributed by atoms with Crippen molar-refractivity contribution in [1.29, 1.82) is 0 Å². The first-order valence-corrected chi connectivity index (χ1v) is 5.20. The van der Waals surface area contributed by atoms with Crippen LogP contribution in [0.3, 0.4) is 0 Å². The molecule has 5 nitrogen and oxygen atoms in total. The number of carboxylic acids is 1. The summed E-state index contributed by atoms with van der Waals surface area (Å²) in [4.78, 5) is 26.6. The number of anilines is 1. The van der Waals surface area contributed by atoms with Gasteiger partial charge in [-0.15, -0.1) is 0 Å². The van der Waals surface area contributed by atoms with Crippen molar-refractivity contribution in [2.24, 2.45) is 0 Å². The van der Waals surface area contributed by atoms with Crippen LogP contribution in [-0.4, -0.2) is 16.9 Å². The molecule has 90 valence electrons. The molecule has 0 aliphatic heterocycles. The number of amides is 1. The van der Waals surface area contributed by atoms with Gasteiger partial charge >= 0.3 is 0 Å². The maximum atomic E-state index is 11.9. The highest BCUT2D eigenvalue weighted by Gasteiger charge is 2.11. The molecule has 2 aromatic rings. The Bertz CT molecular complexity index is 582. The predicted octanol–water partition coefficient (Wildman–Crippen LogP) is 0.697. The summed E-state index contributed by atoms with van der Waals surface area (Å²) in [6.45, 7) is 0. The topological polar surface area (TPSA) is 82.1 Å². The fraction of sp³-hybridized carbons (Fsp3) is 0. The molecule has 0 fully saturated rings. The Morgan fingerprint density at radius 2 is 1.61 bits per heavy atom. The average molecular weight is 241 g/mol. The van der Waals surface area contributed by atoms with Crippen molar-refractivity contribution < 1.29 is 14.7 Å². The molecule has 18 heavy (non-hydrogen) atoms. The Morgan fingerprint density at radius 1 is 1.00 bits per heavy atom. The number of nitrogens with one attached hydrogen (secondary N) is 1. The molecule has 0 saturated carbocycles. The minimum absolute atomic E-state index is 0.0642. The molecule has 0 bridgehead atoms. The molecule has 2 rings (SSSR count). The number of carbonyl (C=O) groups excluding carboxylic acids is 2. The number of carboxylic acid groups (broad SMARTS) is 1. The van der Waals surface area contributed by atoms with E-state index in [1.165, 1.54) is 30.6 Å². The van der Waals surface area contributed by atoms with Gasteiger partial charge in [0, 0.05) is 29.2 Å². The van der Waals surface area contributed by atoms with E-state index in [2.05, 4.69) is 10.3 Å². The Labute approximate surface area is 103 Å². The molecule has 0 unspecified atom stereocenters. The second-order valence-electron chi connectivity index (χ2n) is 3.52. The van der Waals surface area contributed by atoms with Crippen molar-refractivity contribution in [2.45, 2.75) is 0 Å². The van der Waals surface area contributed by atoms with Gasteiger partial charge in [0.25, 0.3) is 5.91 Å². The van der Waals surface area contributed by atoms with Gasteiger partial charge in [-0.2, -0.15) is 0 Å². The average Bonchev–Trinajstić information content (AvgIpc) is 2.40. The number of benzene rings is 1. The second kappa shape index (κ2) is 5.09. The third kappa shape index (κ3) is 2.52. The van der Waals surface area contributed by atoms with Crippen molar-refractivity contribution in [3.8, 4) is 0 Å². The lowest BCUT2D eigenvalue weighted by atomic mass is 10.1. The summed E-state index contributed by atoms with van der Waals surface area (Å²) in [5.74, 6) is -1.88. The fourth-order valence-electron chi connectivity index (χ4n) is 1.49. The highest BCUT2D eigenvalue weighted by Crippen LogP contribution is 2.11. The first-order valence-electron chi connectivity index (χ1n) is 5.20. The standard InChI is InChI=1S/C13H10N2O3/c16-12(15-9-5-7-14-8-6-9)10-3-1-2-4-11(10)13(17)18/h1-8H,(H,17,18)(H,14,15,16)/p-1. The van der Waals surface area contributed by atoms with Crippen LogP contribution >= 0.6 is 0 Å². The van der Waals surface area contributed by atoms with Gasteiger partial charge in [0.2, 0.25) is 0 Å². The van der Waals surface area contributed by atoms with E-state index in [-0.39, 0.29) is 11.1 Å². The third-order valence-corrected chi connectivity index (χ3v) is 2.33. The minimum atomic E-state index is -1.38. The third-order valence-electron chi connectivity index (χ3n) is 2.33. The SMILES string of the molecule is O=C([O-])c1ccccc1C(=O)Nc1ccncc1. The summed E-state index contributed by atoms with van der Waals surface area (Å²) >= 11 is 0. The highest BCUT2D eigenvalue weighted by atomic mass is 16.4. The maximum absolute atomic E-state index is 11.9. The minimum Gasteiger partial charge on any atom is -0.545 e. The van der Waals surface area contributed by atoms with Crippen LogP contribution in [-0.2, 0) is 0 Å². The molecule has 0 aliphatic rings. The molecular weight excluding hydrogens is 232 g/mol. The van der Waals surface area contributed by atoms with Gasteiger partial charge in [0.05, 0.1) is 5.97 Å². The van der Waals surface area contributed by atoms with Crippen LogP contribution in [0, 0.1) is 0 Å². The van der Waals surface area contributed by atoms with Crippen molar-refractivity contribution in [3.05, 3.63) is 59.9 Å². The molecule has 0 atom stereocenters. The van der Waals surface area contributed by atoms with Gasteiger partial charge in [0.15, 0.2) is 0 Å². The summed E-state index contributed by atoms with van der Waals surface area (Å²) in [7, 11) is 0. The molecule has 0 radical (unpaired) electrons. The largest absolute Gasteiger partial charge is 0.545 e. The van der Waals surface area contributed by atoms with Crippen molar-refractivity contribution >= 4 is 17.6 Å². The first-order chi connectivity index (χ1) is 8.68. The number of aromatic nitrogens is 1. The van der Waals surface area contributed by atoms with Gasteiger partial charge in [-0.05, 0) is 18.2 Å². The van der Waals surface area contributed by atoms with Crippen LogP contribution in [0.5, 0.6) is 0 Å². The zero-order valence-corrected chi connectivity index (χ0v) is 9.29. The van der Waals surface area contributed by atoms with Gasteiger partial charge in [-0.1, -0.05) is 18.2 Å². The van der Waals surface area contributed by atoms with E-state index >= 15 is 0 Å². The Hall–Kier alpha value is -2.69. The molecule has 0 saturated heterocycles. The quantitative estimate of drug-likeness (QED) is 0.857. The normalized spacial score (nSPS) is 9.78. The van der Waals surface area contributed by atoms with Gasteiger partial charge in [0.1, 0.15) is 0 Å². The lowest BCUT2D eigenvalue weighted by Gasteiger charge is -2.10. The lowest BCUT2D eigenvalue weighted by Crippen LogP contribution is -2.26. The lowest BCUT2D eigenvalue weighted by molar-refractivity contribution is -0.255. The van der Waals surface area contributed by atoms with Gasteiger partial charge in [-0.25, -0.2) is 0 Å². The van der Waals surface area contributed by atoms with E-state index in [4.69, 9.17) is 0 Å². The van der Waals surface area contributed by atoms with Crippen LogP contribution in [0.4, 0.5) is 5.69 Å². The van der Waals surface area contributed by atoms with Crippen LogP contribution in [0.1, 0.15) is 20.7 Å². The molecule has 0 spiro atoms. The monoisotopic (exact) mass is 241 g/mol. The van der Waals surface area contributed by atoms with E-state index in [1.54, 1.807) is 18.2 Å².